The molecule has 72 valence electrons. The zero-order chi connectivity index (χ0) is 9.73. The lowest BCUT2D eigenvalue weighted by Crippen LogP contribution is -2.28. The van der Waals surface area contributed by atoms with Crippen molar-refractivity contribution in [2.75, 3.05) is 6.54 Å². The molecule has 1 nitrogen and oxygen atoms in total. The van der Waals surface area contributed by atoms with Gasteiger partial charge >= 0.3 is 0 Å². The second kappa shape index (κ2) is 4.31. The Hall–Kier alpha value is -0.980. The molecule has 0 aromatic heterocycles. The topological polar surface area (TPSA) is 12.0 Å². The molecule has 1 heteroatoms. The van der Waals surface area contributed by atoms with Crippen molar-refractivity contribution in [2.24, 2.45) is 5.41 Å². The van der Waals surface area contributed by atoms with E-state index in [1.54, 1.807) is 0 Å². The normalized spacial score (nSPS) is 26.9. The maximum absolute atomic E-state index is 3.84. The van der Waals surface area contributed by atoms with E-state index in [0.29, 0.717) is 0 Å². The highest BCUT2D eigenvalue weighted by atomic mass is 14.9. The van der Waals surface area contributed by atoms with Crippen LogP contribution in [0.5, 0.6) is 0 Å². The summed E-state index contributed by atoms with van der Waals surface area (Å²) in [7, 11) is 0. The lowest BCUT2D eigenvalue weighted by Gasteiger charge is -2.25. The van der Waals surface area contributed by atoms with Gasteiger partial charge < -0.3 is 5.32 Å². The molecule has 1 N–H and O–H groups in total. The zero-order valence-electron chi connectivity index (χ0n) is 8.64. The van der Waals surface area contributed by atoms with Crippen LogP contribution in [0, 0.1) is 5.41 Å². The van der Waals surface area contributed by atoms with E-state index in [2.05, 4.69) is 43.1 Å². The monoisotopic (exact) mass is 177 g/mol. The van der Waals surface area contributed by atoms with Gasteiger partial charge in [0.2, 0.25) is 0 Å². The molecule has 0 saturated heterocycles. The minimum atomic E-state index is 0.280. The summed E-state index contributed by atoms with van der Waals surface area (Å²) in [6.45, 7) is 9.12. The Labute approximate surface area is 81.2 Å². The highest BCUT2D eigenvalue weighted by molar-refractivity contribution is 5.12. The highest BCUT2D eigenvalue weighted by Crippen LogP contribution is 2.26. The number of hydrogen-bond acceptors (Lipinski definition) is 1. The van der Waals surface area contributed by atoms with Crippen LogP contribution in [0.3, 0.4) is 0 Å². The van der Waals surface area contributed by atoms with E-state index in [9.17, 15) is 0 Å². The zero-order valence-corrected chi connectivity index (χ0v) is 8.64. The third-order valence-corrected chi connectivity index (χ3v) is 2.42. The summed E-state index contributed by atoms with van der Waals surface area (Å²) in [4.78, 5) is 0. The molecule has 0 spiro atoms. The van der Waals surface area contributed by atoms with E-state index in [0.717, 1.165) is 12.2 Å². The number of allylic oxidation sites excluding steroid dienone is 4. The molecule has 1 unspecified atom stereocenters. The van der Waals surface area contributed by atoms with Gasteiger partial charge in [0.25, 0.3) is 0 Å². The molecule has 0 aromatic rings. The van der Waals surface area contributed by atoms with Crippen molar-refractivity contribution in [1.82, 2.24) is 5.32 Å². The molecular weight excluding hydrogens is 158 g/mol. The van der Waals surface area contributed by atoms with Crippen molar-refractivity contribution in [3.8, 4) is 0 Å². The molecule has 0 aromatic carbocycles. The van der Waals surface area contributed by atoms with Gasteiger partial charge in [0.15, 0.2) is 0 Å². The molecule has 0 amide bonds. The molecule has 1 aliphatic rings. The van der Waals surface area contributed by atoms with Gasteiger partial charge in [0.05, 0.1) is 0 Å². The summed E-state index contributed by atoms with van der Waals surface area (Å²) < 4.78 is 0. The Bertz CT molecular complexity index is 238. The lowest BCUT2D eigenvalue weighted by molar-refractivity contribution is 0.383. The molecule has 0 saturated carbocycles. The first-order valence-electron chi connectivity index (χ1n) is 4.86. The van der Waals surface area contributed by atoms with Crippen LogP contribution in [-0.2, 0) is 0 Å². The first-order valence-corrected chi connectivity index (χ1v) is 4.86. The average molecular weight is 177 g/mol. The lowest BCUT2D eigenvalue weighted by atomic mass is 9.85. The van der Waals surface area contributed by atoms with Crippen molar-refractivity contribution >= 4 is 0 Å². The van der Waals surface area contributed by atoms with Crippen LogP contribution in [-0.4, -0.2) is 6.54 Å². The van der Waals surface area contributed by atoms with E-state index in [-0.39, 0.29) is 5.41 Å². The Morgan fingerprint density at radius 2 is 2.31 bits per heavy atom. The Morgan fingerprint density at radius 1 is 1.54 bits per heavy atom. The van der Waals surface area contributed by atoms with Crippen molar-refractivity contribution < 1.29 is 0 Å². The summed E-state index contributed by atoms with van der Waals surface area (Å²) in [6.07, 6.45) is 11.2. The Balaban J connectivity index is 2.49. The summed E-state index contributed by atoms with van der Waals surface area (Å²) >= 11 is 0. The van der Waals surface area contributed by atoms with Gasteiger partial charge in [-0.1, -0.05) is 37.8 Å². The molecular formula is C12H19N. The van der Waals surface area contributed by atoms with Crippen LogP contribution in [0.25, 0.3) is 0 Å². The fourth-order valence-electron chi connectivity index (χ4n) is 1.46. The van der Waals surface area contributed by atoms with Gasteiger partial charge in [-0.15, -0.1) is 0 Å². The van der Waals surface area contributed by atoms with Crippen LogP contribution >= 0.6 is 0 Å². The quantitative estimate of drug-likeness (QED) is 0.698. The van der Waals surface area contributed by atoms with Crippen LogP contribution in [0.1, 0.15) is 26.7 Å². The highest BCUT2D eigenvalue weighted by Gasteiger charge is 2.20. The minimum absolute atomic E-state index is 0.280. The predicted octanol–water partition coefficient (Wildman–Crippen LogP) is 3.02. The number of rotatable bonds is 3. The fraction of sp³-hybridized carbons (Fsp3) is 0.500. The average Bonchev–Trinajstić information content (AvgIpc) is 2.28. The second-order valence-electron chi connectivity index (χ2n) is 4.11. The van der Waals surface area contributed by atoms with Crippen molar-refractivity contribution in [2.45, 2.75) is 26.7 Å². The molecule has 0 fully saturated rings. The van der Waals surface area contributed by atoms with Gasteiger partial charge in [0.1, 0.15) is 0 Å². The summed E-state index contributed by atoms with van der Waals surface area (Å²) in [6, 6.07) is 0. The molecule has 0 radical (unpaired) electrons. The third kappa shape index (κ3) is 3.49. The van der Waals surface area contributed by atoms with Gasteiger partial charge in [-0.3, -0.25) is 0 Å². The number of nitrogens with one attached hydrogen (secondary N) is 1. The standard InChI is InChI=1S/C12H19N/c1-11(2)13-10-12(3)8-6-4-5-7-9-12/h4-6,8,13H,1,7,9-10H2,2-3H3. The van der Waals surface area contributed by atoms with E-state index >= 15 is 0 Å². The molecule has 0 heterocycles. The summed E-state index contributed by atoms with van der Waals surface area (Å²) in [5.41, 5.74) is 1.33. The van der Waals surface area contributed by atoms with E-state index < -0.39 is 0 Å². The first-order chi connectivity index (χ1) is 6.12. The maximum atomic E-state index is 3.84. The van der Waals surface area contributed by atoms with E-state index in [1.807, 2.05) is 6.92 Å². The molecule has 1 atom stereocenters. The maximum Gasteiger partial charge on any atom is 0.0232 e. The molecule has 13 heavy (non-hydrogen) atoms. The van der Waals surface area contributed by atoms with E-state index in [4.69, 9.17) is 0 Å². The van der Waals surface area contributed by atoms with Crippen molar-refractivity contribution in [3.05, 3.63) is 36.6 Å². The van der Waals surface area contributed by atoms with E-state index in [1.165, 1.54) is 12.8 Å². The van der Waals surface area contributed by atoms with Crippen molar-refractivity contribution in [3.63, 3.8) is 0 Å². The fourth-order valence-corrected chi connectivity index (χ4v) is 1.46. The van der Waals surface area contributed by atoms with Crippen LogP contribution in [0.2, 0.25) is 0 Å². The molecule has 0 bridgehead atoms. The van der Waals surface area contributed by atoms with Crippen LogP contribution in [0.4, 0.5) is 0 Å². The predicted molar refractivity (Wildman–Crippen MR) is 58.4 cm³/mol. The van der Waals surface area contributed by atoms with Gasteiger partial charge in [-0.05, 0) is 19.8 Å². The Kier molecular flexibility index (Phi) is 3.35. The van der Waals surface area contributed by atoms with Gasteiger partial charge in [0, 0.05) is 17.7 Å². The van der Waals surface area contributed by atoms with Crippen molar-refractivity contribution in [1.29, 1.82) is 0 Å². The second-order valence-corrected chi connectivity index (χ2v) is 4.11. The molecule has 1 rings (SSSR count). The minimum Gasteiger partial charge on any atom is -0.388 e. The smallest absolute Gasteiger partial charge is 0.0232 e. The first kappa shape index (κ1) is 10.1. The van der Waals surface area contributed by atoms with Crippen LogP contribution < -0.4 is 5.32 Å². The van der Waals surface area contributed by atoms with Gasteiger partial charge in [-0.25, -0.2) is 0 Å². The molecule has 0 aliphatic heterocycles. The summed E-state index contributed by atoms with van der Waals surface area (Å²) in [5, 5.41) is 3.31. The Morgan fingerprint density at radius 3 is 3.00 bits per heavy atom. The number of hydrogen-bond donors (Lipinski definition) is 1. The largest absolute Gasteiger partial charge is 0.388 e. The molecule has 1 aliphatic carbocycles. The SMILES string of the molecule is C=C(C)NCC1(C)C=CC=CCC1. The van der Waals surface area contributed by atoms with Crippen LogP contribution in [0.15, 0.2) is 36.6 Å². The van der Waals surface area contributed by atoms with Gasteiger partial charge in [-0.2, -0.15) is 0 Å². The third-order valence-electron chi connectivity index (χ3n) is 2.42. The summed E-state index contributed by atoms with van der Waals surface area (Å²) in [5.74, 6) is 0.